The normalized spacial score (nSPS) is 16.2. The van der Waals surface area contributed by atoms with Crippen LogP contribution in [0.4, 0.5) is 0 Å². The number of hydrogen-bond donors (Lipinski definition) is 1. The summed E-state index contributed by atoms with van der Waals surface area (Å²) in [7, 11) is 0. The van der Waals surface area contributed by atoms with Gasteiger partial charge in [-0.3, -0.25) is 4.79 Å². The Labute approximate surface area is 119 Å². The Kier molecular flexibility index (Phi) is 4.83. The summed E-state index contributed by atoms with van der Waals surface area (Å²) in [6.45, 7) is 3.20. The van der Waals surface area contributed by atoms with Gasteiger partial charge in [0, 0.05) is 23.5 Å². The predicted molar refractivity (Wildman–Crippen MR) is 77.9 cm³/mol. The highest BCUT2D eigenvalue weighted by Gasteiger charge is 2.34. The Hall–Kier alpha value is -1.06. The lowest BCUT2D eigenvalue weighted by molar-refractivity contribution is -0.136. The van der Waals surface area contributed by atoms with Crippen LogP contribution in [-0.4, -0.2) is 23.4 Å². The van der Waals surface area contributed by atoms with Crippen molar-refractivity contribution in [2.45, 2.75) is 38.8 Å². The maximum Gasteiger partial charge on any atom is 0.225 e. The molecule has 0 bridgehead atoms. The summed E-state index contributed by atoms with van der Waals surface area (Å²) in [5, 5.41) is 0.726. The molecule has 0 radical (unpaired) electrons. The molecular formula is C15H21ClN2O. The standard InChI is InChI=1S/C15H21ClN2O/c1-11(8-9-17)15(19)18(14-6-7-14)10-12-2-4-13(16)5-3-12/h2-5,11,14H,6-10,17H2,1H3. The molecule has 1 fully saturated rings. The fraction of sp³-hybridized carbons (Fsp3) is 0.533. The van der Waals surface area contributed by atoms with Crippen LogP contribution < -0.4 is 5.73 Å². The monoisotopic (exact) mass is 280 g/mol. The number of nitrogens with two attached hydrogens (primary N) is 1. The topological polar surface area (TPSA) is 46.3 Å². The van der Waals surface area contributed by atoms with Crippen molar-refractivity contribution < 1.29 is 4.79 Å². The van der Waals surface area contributed by atoms with Crippen LogP contribution in [0.25, 0.3) is 0 Å². The minimum atomic E-state index is 0.0119. The quantitative estimate of drug-likeness (QED) is 0.871. The molecule has 1 saturated carbocycles. The van der Waals surface area contributed by atoms with Crippen molar-refractivity contribution in [1.29, 1.82) is 0 Å². The van der Waals surface area contributed by atoms with E-state index in [1.807, 2.05) is 36.1 Å². The van der Waals surface area contributed by atoms with Crippen LogP contribution in [0.15, 0.2) is 24.3 Å². The second kappa shape index (κ2) is 6.40. The first-order valence-corrected chi connectivity index (χ1v) is 7.24. The number of carbonyl (C=O) groups is 1. The van der Waals surface area contributed by atoms with Gasteiger partial charge in [0.15, 0.2) is 0 Å². The van der Waals surface area contributed by atoms with Crippen molar-refractivity contribution in [2.75, 3.05) is 6.54 Å². The Morgan fingerprint density at radius 3 is 2.58 bits per heavy atom. The number of halogens is 1. The van der Waals surface area contributed by atoms with Crippen LogP contribution in [0, 0.1) is 5.92 Å². The minimum absolute atomic E-state index is 0.0119. The van der Waals surface area contributed by atoms with E-state index in [0.29, 0.717) is 19.1 Å². The molecule has 1 aromatic carbocycles. The SMILES string of the molecule is CC(CCN)C(=O)N(Cc1ccc(Cl)cc1)C1CC1. The first-order chi connectivity index (χ1) is 9.11. The summed E-state index contributed by atoms with van der Waals surface area (Å²) in [6, 6.07) is 8.13. The van der Waals surface area contributed by atoms with E-state index in [1.165, 1.54) is 0 Å². The maximum absolute atomic E-state index is 12.4. The summed E-state index contributed by atoms with van der Waals surface area (Å²) >= 11 is 5.88. The van der Waals surface area contributed by atoms with E-state index in [0.717, 1.165) is 29.8 Å². The van der Waals surface area contributed by atoms with Crippen molar-refractivity contribution in [1.82, 2.24) is 4.90 Å². The summed E-state index contributed by atoms with van der Waals surface area (Å²) in [6.07, 6.45) is 2.99. The van der Waals surface area contributed by atoms with Crippen molar-refractivity contribution in [2.24, 2.45) is 11.7 Å². The van der Waals surface area contributed by atoms with Gasteiger partial charge < -0.3 is 10.6 Å². The molecule has 1 aromatic rings. The highest BCUT2D eigenvalue weighted by atomic mass is 35.5. The van der Waals surface area contributed by atoms with Crippen LogP contribution in [0.1, 0.15) is 31.7 Å². The van der Waals surface area contributed by atoms with Crippen LogP contribution >= 0.6 is 11.6 Å². The fourth-order valence-electron chi connectivity index (χ4n) is 2.22. The molecule has 1 aliphatic carbocycles. The summed E-state index contributed by atoms with van der Waals surface area (Å²) in [5.41, 5.74) is 6.67. The van der Waals surface area contributed by atoms with E-state index in [9.17, 15) is 4.79 Å². The van der Waals surface area contributed by atoms with Gasteiger partial charge in [0.25, 0.3) is 0 Å². The lowest BCUT2D eigenvalue weighted by Crippen LogP contribution is -2.37. The first-order valence-electron chi connectivity index (χ1n) is 6.87. The Morgan fingerprint density at radius 1 is 1.42 bits per heavy atom. The van der Waals surface area contributed by atoms with Gasteiger partial charge in [0.2, 0.25) is 5.91 Å². The van der Waals surface area contributed by atoms with Gasteiger partial charge in [-0.15, -0.1) is 0 Å². The fourth-order valence-corrected chi connectivity index (χ4v) is 2.34. The molecule has 0 aliphatic heterocycles. The van der Waals surface area contributed by atoms with Gasteiger partial charge in [-0.25, -0.2) is 0 Å². The molecule has 1 amide bonds. The zero-order chi connectivity index (χ0) is 13.8. The Bertz CT molecular complexity index is 428. The van der Waals surface area contributed by atoms with Crippen LogP contribution in [0.5, 0.6) is 0 Å². The molecule has 104 valence electrons. The van der Waals surface area contributed by atoms with E-state index in [4.69, 9.17) is 17.3 Å². The summed E-state index contributed by atoms with van der Waals surface area (Å²) in [4.78, 5) is 14.4. The Morgan fingerprint density at radius 2 is 2.05 bits per heavy atom. The zero-order valence-corrected chi connectivity index (χ0v) is 12.1. The third-order valence-corrected chi connectivity index (χ3v) is 3.81. The maximum atomic E-state index is 12.4. The second-order valence-electron chi connectivity index (χ2n) is 5.30. The van der Waals surface area contributed by atoms with Crippen molar-refractivity contribution in [3.05, 3.63) is 34.9 Å². The average Bonchev–Trinajstić information content (AvgIpc) is 3.22. The van der Waals surface area contributed by atoms with Gasteiger partial charge in [0.1, 0.15) is 0 Å². The molecule has 4 heteroatoms. The molecule has 1 unspecified atom stereocenters. The molecule has 0 heterocycles. The highest BCUT2D eigenvalue weighted by Crippen LogP contribution is 2.30. The first kappa shape index (κ1) is 14.4. The van der Waals surface area contributed by atoms with E-state index in [1.54, 1.807) is 0 Å². The van der Waals surface area contributed by atoms with E-state index in [-0.39, 0.29) is 11.8 Å². The molecule has 2 N–H and O–H groups in total. The number of amides is 1. The third-order valence-electron chi connectivity index (χ3n) is 3.56. The van der Waals surface area contributed by atoms with Gasteiger partial charge in [-0.05, 0) is 43.5 Å². The van der Waals surface area contributed by atoms with Gasteiger partial charge in [-0.2, -0.15) is 0 Å². The highest BCUT2D eigenvalue weighted by molar-refractivity contribution is 6.30. The lowest BCUT2D eigenvalue weighted by atomic mass is 10.1. The predicted octanol–water partition coefficient (Wildman–Crippen LogP) is 2.82. The molecule has 19 heavy (non-hydrogen) atoms. The molecule has 1 aliphatic rings. The smallest absolute Gasteiger partial charge is 0.225 e. The van der Waals surface area contributed by atoms with Gasteiger partial charge in [-0.1, -0.05) is 30.7 Å². The number of carbonyl (C=O) groups excluding carboxylic acids is 1. The number of rotatable bonds is 6. The summed E-state index contributed by atoms with van der Waals surface area (Å²) in [5.74, 6) is 0.237. The Balaban J connectivity index is 2.04. The number of benzene rings is 1. The largest absolute Gasteiger partial charge is 0.335 e. The number of hydrogen-bond acceptors (Lipinski definition) is 2. The molecule has 0 spiro atoms. The third kappa shape index (κ3) is 3.95. The van der Waals surface area contributed by atoms with Crippen LogP contribution in [0.2, 0.25) is 5.02 Å². The molecule has 2 rings (SSSR count). The minimum Gasteiger partial charge on any atom is -0.335 e. The molecule has 1 atom stereocenters. The molecule has 3 nitrogen and oxygen atoms in total. The molecule has 0 aromatic heterocycles. The second-order valence-corrected chi connectivity index (χ2v) is 5.74. The van der Waals surface area contributed by atoms with E-state index >= 15 is 0 Å². The summed E-state index contributed by atoms with van der Waals surface area (Å²) < 4.78 is 0. The lowest BCUT2D eigenvalue weighted by Gasteiger charge is -2.26. The van der Waals surface area contributed by atoms with E-state index in [2.05, 4.69) is 0 Å². The number of nitrogens with zero attached hydrogens (tertiary/aromatic N) is 1. The average molecular weight is 281 g/mol. The van der Waals surface area contributed by atoms with Crippen molar-refractivity contribution in [3.63, 3.8) is 0 Å². The molecular weight excluding hydrogens is 260 g/mol. The van der Waals surface area contributed by atoms with Gasteiger partial charge >= 0.3 is 0 Å². The van der Waals surface area contributed by atoms with Gasteiger partial charge in [0.05, 0.1) is 0 Å². The van der Waals surface area contributed by atoms with Crippen molar-refractivity contribution in [3.8, 4) is 0 Å². The van der Waals surface area contributed by atoms with Crippen molar-refractivity contribution >= 4 is 17.5 Å². The zero-order valence-electron chi connectivity index (χ0n) is 11.3. The molecule has 0 saturated heterocycles. The van der Waals surface area contributed by atoms with E-state index < -0.39 is 0 Å². The van der Waals surface area contributed by atoms with Crippen LogP contribution in [-0.2, 0) is 11.3 Å². The van der Waals surface area contributed by atoms with Crippen LogP contribution in [0.3, 0.4) is 0 Å².